The van der Waals surface area contributed by atoms with E-state index in [4.69, 9.17) is 0 Å². The van der Waals surface area contributed by atoms with E-state index in [-0.39, 0.29) is 24.7 Å². The zero-order chi connectivity index (χ0) is 35.9. The monoisotopic (exact) mass is 666 g/mol. The van der Waals surface area contributed by atoms with Gasteiger partial charge in [0.15, 0.2) is 0 Å². The van der Waals surface area contributed by atoms with Crippen LogP contribution in [0.25, 0.3) is 22.3 Å². The van der Waals surface area contributed by atoms with Crippen molar-refractivity contribution in [1.29, 1.82) is 0 Å². The van der Waals surface area contributed by atoms with Crippen molar-refractivity contribution in [3.8, 4) is 22.3 Å². The highest BCUT2D eigenvalue weighted by atomic mass is 19.4. The van der Waals surface area contributed by atoms with Crippen LogP contribution in [0.3, 0.4) is 0 Å². The molecule has 0 saturated heterocycles. The minimum absolute atomic E-state index is 0.204. The third kappa shape index (κ3) is 8.01. The fraction of sp³-hybridized carbons (Fsp3) is 0.429. The summed E-state index contributed by atoms with van der Waals surface area (Å²) in [5.74, 6) is 0. The molecular formula is C42H48F6. The quantitative estimate of drug-likeness (QED) is 0.164. The van der Waals surface area contributed by atoms with E-state index in [2.05, 4.69) is 45.0 Å². The Morgan fingerprint density at radius 3 is 1.33 bits per heavy atom. The van der Waals surface area contributed by atoms with Crippen molar-refractivity contribution >= 4 is 0 Å². The van der Waals surface area contributed by atoms with E-state index in [1.165, 1.54) is 6.92 Å². The molecule has 0 aliphatic rings. The molecule has 0 heterocycles. The van der Waals surface area contributed by atoms with Gasteiger partial charge in [0.05, 0.1) is 10.8 Å². The van der Waals surface area contributed by atoms with Gasteiger partial charge in [0.25, 0.3) is 0 Å². The van der Waals surface area contributed by atoms with Crippen molar-refractivity contribution in [1.82, 2.24) is 0 Å². The van der Waals surface area contributed by atoms with Crippen LogP contribution < -0.4 is 0 Å². The molecule has 0 aliphatic heterocycles. The number of benzene rings is 4. The molecule has 4 rings (SSSR count). The molecule has 258 valence electrons. The van der Waals surface area contributed by atoms with Crippen molar-refractivity contribution in [2.75, 3.05) is 0 Å². The Morgan fingerprint density at radius 1 is 0.417 bits per heavy atom. The fourth-order valence-electron chi connectivity index (χ4n) is 6.88. The van der Waals surface area contributed by atoms with Crippen LogP contribution in [0, 0.1) is 10.8 Å². The van der Waals surface area contributed by atoms with Crippen LogP contribution in [0.5, 0.6) is 0 Å². The molecule has 48 heavy (non-hydrogen) atoms. The van der Waals surface area contributed by atoms with Crippen LogP contribution in [0.1, 0.15) is 90.1 Å². The Labute approximate surface area is 282 Å². The van der Waals surface area contributed by atoms with Crippen LogP contribution in [0.4, 0.5) is 26.3 Å². The van der Waals surface area contributed by atoms with Crippen molar-refractivity contribution in [2.24, 2.45) is 10.8 Å². The first kappa shape index (κ1) is 37.3. The molecule has 0 spiro atoms. The van der Waals surface area contributed by atoms with E-state index in [1.807, 2.05) is 57.2 Å². The molecule has 1 unspecified atom stereocenters. The average Bonchev–Trinajstić information content (AvgIpc) is 2.95. The molecule has 0 bridgehead atoms. The second-order valence-electron chi connectivity index (χ2n) is 16.2. The lowest BCUT2D eigenvalue weighted by Crippen LogP contribution is -2.40. The minimum Gasteiger partial charge on any atom is -0.171 e. The van der Waals surface area contributed by atoms with E-state index in [0.717, 1.165) is 41.7 Å². The average molecular weight is 667 g/mol. The highest BCUT2D eigenvalue weighted by Gasteiger charge is 2.52. The largest absolute Gasteiger partial charge is 0.394 e. The number of hydrogen-bond acceptors (Lipinski definition) is 0. The summed E-state index contributed by atoms with van der Waals surface area (Å²) in [6.07, 6.45) is -9.96. The standard InChI is InChI=1S/C42H48F6/c1-37(2,3)35-31(26-39(7,8)41(43,44)45)17-13-18-32(35)27-40(9,42(46,47)48)25-28-21-23-30(24-22-28)34-20-14-19-33(36(34)38(4,5)6)29-15-11-10-12-16-29/h10-24H,25-27H2,1-9H3. The lowest BCUT2D eigenvalue weighted by molar-refractivity contribution is -0.217. The fourth-order valence-corrected chi connectivity index (χ4v) is 6.88. The summed E-state index contributed by atoms with van der Waals surface area (Å²) in [4.78, 5) is 0. The normalized spacial score (nSPS) is 14.6. The molecule has 4 aromatic carbocycles. The lowest BCUT2D eigenvalue weighted by Gasteiger charge is -2.36. The maximum atomic E-state index is 15.0. The van der Waals surface area contributed by atoms with Crippen LogP contribution >= 0.6 is 0 Å². The van der Waals surface area contributed by atoms with Crippen LogP contribution in [-0.2, 0) is 30.1 Å². The van der Waals surface area contributed by atoms with Gasteiger partial charge in [0.1, 0.15) is 0 Å². The number of hydrogen-bond donors (Lipinski definition) is 0. The van der Waals surface area contributed by atoms with E-state index >= 15 is 13.2 Å². The Hall–Kier alpha value is -3.54. The number of rotatable bonds is 8. The summed E-state index contributed by atoms with van der Waals surface area (Å²) in [6.45, 7) is 15.5. The van der Waals surface area contributed by atoms with Crippen LogP contribution in [0.15, 0.2) is 91.0 Å². The third-order valence-electron chi connectivity index (χ3n) is 9.41. The Balaban J connectivity index is 1.73. The molecule has 0 fully saturated rings. The smallest absolute Gasteiger partial charge is 0.171 e. The summed E-state index contributed by atoms with van der Waals surface area (Å²) in [5, 5.41) is 0. The second-order valence-corrected chi connectivity index (χ2v) is 16.2. The minimum atomic E-state index is -4.56. The van der Waals surface area contributed by atoms with Crippen LogP contribution in [0.2, 0.25) is 0 Å². The molecule has 1 atom stereocenters. The van der Waals surface area contributed by atoms with Crippen molar-refractivity contribution < 1.29 is 26.3 Å². The summed E-state index contributed by atoms with van der Waals surface area (Å²) < 4.78 is 86.7. The van der Waals surface area contributed by atoms with Crippen LogP contribution in [-0.4, -0.2) is 12.4 Å². The first-order valence-corrected chi connectivity index (χ1v) is 16.5. The van der Waals surface area contributed by atoms with Gasteiger partial charge in [-0.3, -0.25) is 0 Å². The summed E-state index contributed by atoms with van der Waals surface area (Å²) in [5.41, 5.74) is 2.23. The van der Waals surface area contributed by atoms with Crippen molar-refractivity contribution in [3.05, 3.63) is 119 Å². The van der Waals surface area contributed by atoms with Gasteiger partial charge in [0.2, 0.25) is 0 Å². The third-order valence-corrected chi connectivity index (χ3v) is 9.41. The topological polar surface area (TPSA) is 0 Å². The van der Waals surface area contributed by atoms with E-state index in [1.54, 1.807) is 30.3 Å². The van der Waals surface area contributed by atoms with Gasteiger partial charge in [-0.05, 0) is 80.2 Å². The molecule has 4 aromatic rings. The molecule has 0 aliphatic carbocycles. The van der Waals surface area contributed by atoms with Crippen molar-refractivity contribution in [3.63, 3.8) is 0 Å². The zero-order valence-corrected chi connectivity index (χ0v) is 29.5. The molecule has 6 heteroatoms. The van der Waals surface area contributed by atoms with Gasteiger partial charge in [-0.15, -0.1) is 0 Å². The van der Waals surface area contributed by atoms with E-state index in [9.17, 15) is 13.2 Å². The molecule has 0 N–H and O–H groups in total. The Morgan fingerprint density at radius 2 is 0.875 bits per heavy atom. The molecule has 0 saturated carbocycles. The molecule has 0 nitrogen and oxygen atoms in total. The number of halogens is 6. The van der Waals surface area contributed by atoms with E-state index < -0.39 is 28.6 Å². The summed E-state index contributed by atoms with van der Waals surface area (Å²) in [6, 6.07) is 28.5. The summed E-state index contributed by atoms with van der Waals surface area (Å²) >= 11 is 0. The number of alkyl halides is 6. The predicted molar refractivity (Wildman–Crippen MR) is 186 cm³/mol. The predicted octanol–water partition coefficient (Wildman–Crippen LogP) is 13.1. The highest BCUT2D eigenvalue weighted by molar-refractivity contribution is 5.80. The van der Waals surface area contributed by atoms with Gasteiger partial charge < -0.3 is 0 Å². The second kappa shape index (κ2) is 13.1. The summed E-state index contributed by atoms with van der Waals surface area (Å²) in [7, 11) is 0. The van der Waals surface area contributed by atoms with Gasteiger partial charge in [-0.2, -0.15) is 26.3 Å². The van der Waals surface area contributed by atoms with Gasteiger partial charge in [0, 0.05) is 0 Å². The SMILES string of the molecule is CC(C)(C)c1c(CC(C)(C)C(F)(F)F)cccc1CC(C)(Cc1ccc(-c2cccc(-c3ccccc3)c2C(C)(C)C)cc1)C(F)(F)F. The first-order chi connectivity index (χ1) is 21.9. The molecule has 0 aromatic heterocycles. The van der Waals surface area contributed by atoms with Gasteiger partial charge in [-0.25, -0.2) is 0 Å². The van der Waals surface area contributed by atoms with Gasteiger partial charge in [-0.1, -0.05) is 153 Å². The molecule has 0 radical (unpaired) electrons. The molecule has 0 amide bonds. The first-order valence-electron chi connectivity index (χ1n) is 16.5. The Kier molecular flexibility index (Phi) is 10.1. The van der Waals surface area contributed by atoms with E-state index in [0.29, 0.717) is 22.3 Å². The highest BCUT2D eigenvalue weighted by Crippen LogP contribution is 2.47. The van der Waals surface area contributed by atoms with Gasteiger partial charge >= 0.3 is 12.4 Å². The maximum Gasteiger partial charge on any atom is 0.394 e. The molecular weight excluding hydrogens is 618 g/mol. The zero-order valence-electron chi connectivity index (χ0n) is 29.5. The Bertz CT molecular complexity index is 1700. The lowest BCUT2D eigenvalue weighted by atomic mass is 9.71. The maximum absolute atomic E-state index is 15.0. The van der Waals surface area contributed by atoms with Crippen molar-refractivity contribution in [2.45, 2.75) is 105 Å².